The molecule has 0 aliphatic heterocycles. The molecule has 1 aliphatic carbocycles. The predicted molar refractivity (Wildman–Crippen MR) is 88.5 cm³/mol. The quantitative estimate of drug-likeness (QED) is 0.520. The van der Waals surface area contributed by atoms with Gasteiger partial charge in [0, 0.05) is 23.6 Å². The number of aromatic hydroxyl groups is 1. The van der Waals surface area contributed by atoms with Gasteiger partial charge in [-0.2, -0.15) is 13.2 Å². The zero-order valence-electron chi connectivity index (χ0n) is 13.8. The summed E-state index contributed by atoms with van der Waals surface area (Å²) < 4.78 is 47.3. The first-order chi connectivity index (χ1) is 11.2. The van der Waals surface area contributed by atoms with E-state index in [1.165, 1.54) is 17.7 Å². The maximum Gasteiger partial charge on any atom is 0.479 e. The molecule has 0 saturated carbocycles. The Hall–Kier alpha value is -1.50. The smallest absolute Gasteiger partial charge is 0.479 e. The van der Waals surface area contributed by atoms with E-state index in [0.717, 1.165) is 19.3 Å². The van der Waals surface area contributed by atoms with Crippen LogP contribution in [-0.4, -0.2) is 16.7 Å². The molecule has 1 N–H and O–H groups in total. The highest BCUT2D eigenvalue weighted by molar-refractivity contribution is 7.95. The van der Waals surface area contributed by atoms with Gasteiger partial charge in [0.05, 0.1) is 6.10 Å². The van der Waals surface area contributed by atoms with Gasteiger partial charge < -0.3 is 14.0 Å². The molecular weight excluding hydrogens is 341 g/mol. The maximum absolute atomic E-state index is 12.3. The molecule has 0 aromatic heterocycles. The molecular formula is C17H21F3O3S. The first kappa shape index (κ1) is 18.8. The van der Waals surface area contributed by atoms with Crippen LogP contribution in [0.25, 0.3) is 0 Å². The molecule has 1 aromatic carbocycles. The van der Waals surface area contributed by atoms with Gasteiger partial charge in [0.15, 0.2) is 12.0 Å². The van der Waals surface area contributed by atoms with Crippen LogP contribution in [0.1, 0.15) is 51.5 Å². The number of phenolic OH excluding ortho intramolecular Hbond substituents is 1. The Morgan fingerprint density at radius 2 is 2.00 bits per heavy atom. The van der Waals surface area contributed by atoms with Gasteiger partial charge in [-0.25, -0.2) is 0 Å². The molecule has 0 fully saturated rings. The number of hydrogen-bond donors (Lipinski definition) is 1. The van der Waals surface area contributed by atoms with Gasteiger partial charge in [-0.15, -0.1) is 0 Å². The molecule has 2 rings (SSSR count). The molecule has 7 heteroatoms. The van der Waals surface area contributed by atoms with Gasteiger partial charge in [0.25, 0.3) is 0 Å². The minimum absolute atomic E-state index is 0.0168. The SMILES string of the molecule is CC1=CC(c2c(O)cc(OSC(F)(F)F)cc2OC(C)C)CCC1. The van der Waals surface area contributed by atoms with Crippen LogP contribution in [0.4, 0.5) is 13.2 Å². The normalized spacial score (nSPS) is 18.5. The van der Waals surface area contributed by atoms with E-state index in [-0.39, 0.29) is 23.5 Å². The number of allylic oxidation sites excluding steroid dienone is 2. The topological polar surface area (TPSA) is 38.7 Å². The number of halogens is 3. The third-order valence-electron chi connectivity index (χ3n) is 3.63. The van der Waals surface area contributed by atoms with Crippen LogP contribution >= 0.6 is 12.0 Å². The lowest BCUT2D eigenvalue weighted by atomic mass is 9.85. The number of alkyl halides is 3. The Labute approximate surface area is 144 Å². The highest BCUT2D eigenvalue weighted by Crippen LogP contribution is 2.45. The lowest BCUT2D eigenvalue weighted by Crippen LogP contribution is -2.11. The van der Waals surface area contributed by atoms with E-state index in [1.54, 1.807) is 0 Å². The summed E-state index contributed by atoms with van der Waals surface area (Å²) in [5, 5.41) is 10.4. The fraction of sp³-hybridized carbons (Fsp3) is 0.529. The van der Waals surface area contributed by atoms with Crippen molar-refractivity contribution < 1.29 is 27.2 Å². The summed E-state index contributed by atoms with van der Waals surface area (Å²) in [7, 11) is 0. The summed E-state index contributed by atoms with van der Waals surface area (Å²) in [6.07, 6.45) is 4.77. The number of phenols is 1. The van der Waals surface area contributed by atoms with Crippen molar-refractivity contribution in [3.8, 4) is 17.2 Å². The van der Waals surface area contributed by atoms with Gasteiger partial charge in [0.2, 0.25) is 0 Å². The molecule has 134 valence electrons. The number of rotatable bonds is 5. The summed E-state index contributed by atoms with van der Waals surface area (Å²) in [6, 6.07) is 2.62. The first-order valence-corrected chi connectivity index (χ1v) is 8.53. The van der Waals surface area contributed by atoms with Crippen LogP contribution in [0.5, 0.6) is 17.2 Å². The van der Waals surface area contributed by atoms with E-state index in [0.29, 0.717) is 11.3 Å². The monoisotopic (exact) mass is 362 g/mol. The van der Waals surface area contributed by atoms with E-state index in [4.69, 9.17) is 4.74 Å². The zero-order valence-corrected chi connectivity index (χ0v) is 14.6. The molecule has 3 nitrogen and oxygen atoms in total. The van der Waals surface area contributed by atoms with Gasteiger partial charge >= 0.3 is 5.51 Å². The summed E-state index contributed by atoms with van der Waals surface area (Å²) in [5.41, 5.74) is -2.68. The fourth-order valence-electron chi connectivity index (χ4n) is 2.79. The second kappa shape index (κ2) is 7.59. The van der Waals surface area contributed by atoms with Crippen LogP contribution in [0, 0.1) is 0 Å². The minimum atomic E-state index is -4.52. The van der Waals surface area contributed by atoms with Crippen LogP contribution < -0.4 is 8.92 Å². The third kappa shape index (κ3) is 5.26. The Morgan fingerprint density at radius 3 is 2.58 bits per heavy atom. The highest BCUT2D eigenvalue weighted by Gasteiger charge is 2.32. The second-order valence-corrected chi connectivity index (χ2v) is 6.94. The van der Waals surface area contributed by atoms with E-state index in [9.17, 15) is 18.3 Å². The number of benzene rings is 1. The van der Waals surface area contributed by atoms with Crippen molar-refractivity contribution in [1.29, 1.82) is 0 Å². The van der Waals surface area contributed by atoms with Crippen molar-refractivity contribution in [2.75, 3.05) is 0 Å². The predicted octanol–water partition coefficient (Wildman–Crippen LogP) is 5.94. The molecule has 0 heterocycles. The third-order valence-corrected chi connectivity index (χ3v) is 4.10. The summed E-state index contributed by atoms with van der Waals surface area (Å²) in [6.45, 7) is 5.67. The van der Waals surface area contributed by atoms with E-state index >= 15 is 0 Å². The van der Waals surface area contributed by atoms with Crippen LogP contribution in [0.2, 0.25) is 0 Å². The summed E-state index contributed by atoms with van der Waals surface area (Å²) >= 11 is -0.614. The largest absolute Gasteiger partial charge is 0.507 e. The van der Waals surface area contributed by atoms with Gasteiger partial charge in [-0.1, -0.05) is 11.6 Å². The molecule has 1 unspecified atom stereocenters. The number of hydrogen-bond acceptors (Lipinski definition) is 4. The molecule has 0 bridgehead atoms. The standard InChI is InChI=1S/C17H21F3O3S/c1-10(2)22-15-9-13(23-24-17(18,19)20)8-14(21)16(15)12-6-4-5-11(3)7-12/h7-10,12,21H,4-6H2,1-3H3. The van der Waals surface area contributed by atoms with Crippen molar-refractivity contribution in [3.05, 3.63) is 29.3 Å². The lowest BCUT2D eigenvalue weighted by Gasteiger charge is -2.24. The van der Waals surface area contributed by atoms with E-state index in [2.05, 4.69) is 10.3 Å². The Kier molecular flexibility index (Phi) is 5.96. The molecule has 1 aromatic rings. The molecule has 24 heavy (non-hydrogen) atoms. The molecule has 1 atom stereocenters. The average molecular weight is 362 g/mol. The van der Waals surface area contributed by atoms with Crippen molar-refractivity contribution in [2.24, 2.45) is 0 Å². The van der Waals surface area contributed by atoms with Crippen molar-refractivity contribution in [2.45, 2.75) is 57.6 Å². The highest BCUT2D eigenvalue weighted by atomic mass is 32.2. The fourth-order valence-corrected chi connectivity index (χ4v) is 3.08. The van der Waals surface area contributed by atoms with Crippen LogP contribution in [0.3, 0.4) is 0 Å². The van der Waals surface area contributed by atoms with Crippen LogP contribution in [-0.2, 0) is 0 Å². The molecule has 0 radical (unpaired) electrons. The lowest BCUT2D eigenvalue weighted by molar-refractivity contribution is -0.0369. The Bertz CT molecular complexity index is 612. The van der Waals surface area contributed by atoms with Crippen molar-refractivity contribution in [3.63, 3.8) is 0 Å². The van der Waals surface area contributed by atoms with E-state index in [1.807, 2.05) is 20.8 Å². The average Bonchev–Trinajstić information content (AvgIpc) is 2.43. The second-order valence-electron chi connectivity index (χ2n) is 6.14. The minimum Gasteiger partial charge on any atom is -0.507 e. The Morgan fingerprint density at radius 1 is 1.29 bits per heavy atom. The summed E-state index contributed by atoms with van der Waals surface area (Å²) in [4.78, 5) is 0. The first-order valence-electron chi connectivity index (χ1n) is 7.79. The zero-order chi connectivity index (χ0) is 17.9. The maximum atomic E-state index is 12.3. The van der Waals surface area contributed by atoms with Gasteiger partial charge in [0.1, 0.15) is 17.2 Å². The number of ether oxygens (including phenoxy) is 1. The van der Waals surface area contributed by atoms with Crippen molar-refractivity contribution >= 4 is 12.0 Å². The molecule has 1 aliphatic rings. The molecule has 0 saturated heterocycles. The molecule has 0 spiro atoms. The summed E-state index contributed by atoms with van der Waals surface area (Å²) in [5.74, 6) is 0.142. The van der Waals surface area contributed by atoms with Crippen molar-refractivity contribution in [1.82, 2.24) is 0 Å². The van der Waals surface area contributed by atoms with E-state index < -0.39 is 17.6 Å². The van der Waals surface area contributed by atoms with Gasteiger partial charge in [-0.3, -0.25) is 0 Å². The molecule has 0 amide bonds. The van der Waals surface area contributed by atoms with Gasteiger partial charge in [-0.05, 0) is 40.0 Å². The Balaban J connectivity index is 2.36. The van der Waals surface area contributed by atoms with Crippen LogP contribution in [0.15, 0.2) is 23.8 Å².